The van der Waals surface area contributed by atoms with Gasteiger partial charge in [-0.25, -0.2) is 4.79 Å². The SMILES string of the molecule is CCCCC(NC(=O)C1CC1c1ccc2c(c1)OCCO2)C(=O)O. The average Bonchev–Trinajstić information content (AvgIpc) is 3.38. The molecule has 0 aromatic heterocycles. The largest absolute Gasteiger partial charge is 0.486 e. The van der Waals surface area contributed by atoms with Crippen molar-refractivity contribution in [2.45, 2.75) is 44.6 Å². The zero-order valence-electron chi connectivity index (χ0n) is 13.8. The van der Waals surface area contributed by atoms with Crippen LogP contribution in [0.5, 0.6) is 11.5 Å². The van der Waals surface area contributed by atoms with E-state index in [4.69, 9.17) is 9.47 Å². The average molecular weight is 333 g/mol. The number of fused-ring (bicyclic) bond motifs is 1. The van der Waals surface area contributed by atoms with Crippen molar-refractivity contribution < 1.29 is 24.2 Å². The first-order valence-corrected chi connectivity index (χ1v) is 8.53. The lowest BCUT2D eigenvalue weighted by atomic mass is 10.1. The lowest BCUT2D eigenvalue weighted by Gasteiger charge is -2.19. The van der Waals surface area contributed by atoms with E-state index in [1.54, 1.807) is 0 Å². The molecule has 1 aromatic rings. The number of hydrogen-bond acceptors (Lipinski definition) is 4. The zero-order chi connectivity index (χ0) is 17.1. The van der Waals surface area contributed by atoms with Gasteiger partial charge in [-0.2, -0.15) is 0 Å². The van der Waals surface area contributed by atoms with Crippen LogP contribution in [0, 0.1) is 5.92 Å². The maximum atomic E-state index is 12.3. The van der Waals surface area contributed by atoms with Gasteiger partial charge in [-0.3, -0.25) is 4.79 Å². The Hall–Kier alpha value is -2.24. The van der Waals surface area contributed by atoms with E-state index in [0.29, 0.717) is 19.6 Å². The molecule has 0 bridgehead atoms. The number of ether oxygens (including phenoxy) is 2. The summed E-state index contributed by atoms with van der Waals surface area (Å²) in [6.45, 7) is 3.08. The van der Waals surface area contributed by atoms with Crippen molar-refractivity contribution in [3.8, 4) is 11.5 Å². The molecule has 130 valence electrons. The Morgan fingerprint density at radius 2 is 2.04 bits per heavy atom. The fourth-order valence-corrected chi connectivity index (χ4v) is 3.09. The smallest absolute Gasteiger partial charge is 0.326 e. The number of rotatable bonds is 7. The van der Waals surface area contributed by atoms with E-state index in [1.165, 1.54) is 0 Å². The quantitative estimate of drug-likeness (QED) is 0.800. The summed E-state index contributed by atoms with van der Waals surface area (Å²) in [4.78, 5) is 23.6. The highest BCUT2D eigenvalue weighted by Gasteiger charge is 2.45. The minimum absolute atomic E-state index is 0.126. The molecule has 1 aliphatic carbocycles. The third-order valence-electron chi connectivity index (χ3n) is 4.58. The van der Waals surface area contributed by atoms with Crippen LogP contribution in [0.1, 0.15) is 44.1 Å². The maximum Gasteiger partial charge on any atom is 0.326 e. The number of carbonyl (C=O) groups excluding carboxylic acids is 1. The number of benzene rings is 1. The lowest BCUT2D eigenvalue weighted by Crippen LogP contribution is -2.41. The van der Waals surface area contributed by atoms with Crippen molar-refractivity contribution in [1.82, 2.24) is 5.32 Å². The molecule has 1 aliphatic heterocycles. The van der Waals surface area contributed by atoms with Gasteiger partial charge in [-0.05, 0) is 36.5 Å². The standard InChI is InChI=1S/C18H23NO5/c1-2-3-4-14(18(21)22)19-17(20)13-10-12(13)11-5-6-15-16(9-11)24-8-7-23-15/h5-6,9,12-14H,2-4,7-8,10H2,1H3,(H,19,20)(H,21,22). The molecule has 1 fully saturated rings. The Labute approximate surface area is 141 Å². The van der Waals surface area contributed by atoms with Crippen LogP contribution in [0.3, 0.4) is 0 Å². The molecule has 1 amide bonds. The highest BCUT2D eigenvalue weighted by Crippen LogP contribution is 2.49. The van der Waals surface area contributed by atoms with Gasteiger partial charge in [-0.15, -0.1) is 0 Å². The second kappa shape index (κ2) is 7.11. The Balaban J connectivity index is 1.60. The second-order valence-electron chi connectivity index (χ2n) is 6.39. The molecule has 3 unspecified atom stereocenters. The number of nitrogens with one attached hydrogen (secondary N) is 1. The first-order valence-electron chi connectivity index (χ1n) is 8.53. The molecule has 1 saturated carbocycles. The lowest BCUT2D eigenvalue weighted by molar-refractivity contribution is -0.142. The first kappa shape index (κ1) is 16.6. The van der Waals surface area contributed by atoms with Crippen molar-refractivity contribution in [3.63, 3.8) is 0 Å². The molecule has 6 heteroatoms. The molecule has 0 saturated heterocycles. The van der Waals surface area contributed by atoms with Gasteiger partial charge in [0.15, 0.2) is 11.5 Å². The predicted octanol–water partition coefficient (Wildman–Crippen LogP) is 2.32. The minimum atomic E-state index is -0.965. The number of carbonyl (C=O) groups is 2. The van der Waals surface area contributed by atoms with Gasteiger partial charge >= 0.3 is 5.97 Å². The molecular formula is C18H23NO5. The molecule has 0 spiro atoms. The number of carboxylic acid groups (broad SMARTS) is 1. The Kier molecular flexibility index (Phi) is 4.92. The third-order valence-corrected chi connectivity index (χ3v) is 4.58. The molecule has 3 rings (SSSR count). The summed E-state index contributed by atoms with van der Waals surface area (Å²) in [7, 11) is 0. The fraction of sp³-hybridized carbons (Fsp3) is 0.556. The van der Waals surface area contributed by atoms with Gasteiger partial charge in [0.05, 0.1) is 0 Å². The number of carboxylic acids is 1. The normalized spacial score (nSPS) is 22.5. The van der Waals surface area contributed by atoms with Crippen LogP contribution in [0.2, 0.25) is 0 Å². The fourth-order valence-electron chi connectivity index (χ4n) is 3.09. The van der Waals surface area contributed by atoms with Gasteiger partial charge in [0.25, 0.3) is 0 Å². The summed E-state index contributed by atoms with van der Waals surface area (Å²) in [6.07, 6.45) is 2.90. The van der Waals surface area contributed by atoms with E-state index in [0.717, 1.165) is 36.3 Å². The summed E-state index contributed by atoms with van der Waals surface area (Å²) in [5.74, 6) is 0.289. The van der Waals surface area contributed by atoms with E-state index in [1.807, 2.05) is 25.1 Å². The van der Waals surface area contributed by atoms with Gasteiger partial charge in [-0.1, -0.05) is 25.8 Å². The molecule has 2 N–H and O–H groups in total. The van der Waals surface area contributed by atoms with E-state index >= 15 is 0 Å². The van der Waals surface area contributed by atoms with Crippen LogP contribution in [0.25, 0.3) is 0 Å². The van der Waals surface area contributed by atoms with Crippen molar-refractivity contribution in [3.05, 3.63) is 23.8 Å². The van der Waals surface area contributed by atoms with Crippen LogP contribution >= 0.6 is 0 Å². The molecule has 0 radical (unpaired) electrons. The predicted molar refractivity (Wildman–Crippen MR) is 87.4 cm³/mol. The summed E-state index contributed by atoms with van der Waals surface area (Å²) in [6, 6.07) is 4.97. The van der Waals surface area contributed by atoms with Gasteiger partial charge < -0.3 is 19.9 Å². The zero-order valence-corrected chi connectivity index (χ0v) is 13.8. The van der Waals surface area contributed by atoms with Crippen molar-refractivity contribution in [2.24, 2.45) is 5.92 Å². The summed E-state index contributed by atoms with van der Waals surface area (Å²) >= 11 is 0. The van der Waals surface area contributed by atoms with Crippen molar-refractivity contribution >= 4 is 11.9 Å². The monoisotopic (exact) mass is 333 g/mol. The van der Waals surface area contributed by atoms with E-state index in [2.05, 4.69) is 5.32 Å². The summed E-state index contributed by atoms with van der Waals surface area (Å²) in [5.41, 5.74) is 1.04. The maximum absolute atomic E-state index is 12.3. The number of aliphatic carboxylic acids is 1. The van der Waals surface area contributed by atoms with Crippen LogP contribution in [0.4, 0.5) is 0 Å². The minimum Gasteiger partial charge on any atom is -0.486 e. The molecule has 1 heterocycles. The molecule has 2 aliphatic rings. The Morgan fingerprint density at radius 3 is 2.75 bits per heavy atom. The molecule has 1 aromatic carbocycles. The van der Waals surface area contributed by atoms with Crippen molar-refractivity contribution in [2.75, 3.05) is 13.2 Å². The van der Waals surface area contributed by atoms with Crippen LogP contribution in [0.15, 0.2) is 18.2 Å². The molecule has 3 atom stereocenters. The van der Waals surface area contributed by atoms with Crippen molar-refractivity contribution in [1.29, 1.82) is 0 Å². The topological polar surface area (TPSA) is 84.9 Å². The van der Waals surface area contributed by atoms with Crippen LogP contribution in [-0.2, 0) is 9.59 Å². The Bertz CT molecular complexity index is 630. The number of amides is 1. The van der Waals surface area contributed by atoms with E-state index in [9.17, 15) is 14.7 Å². The molecular weight excluding hydrogens is 310 g/mol. The van der Waals surface area contributed by atoms with Gasteiger partial charge in [0.2, 0.25) is 5.91 Å². The molecule has 24 heavy (non-hydrogen) atoms. The molecule has 6 nitrogen and oxygen atoms in total. The third kappa shape index (κ3) is 3.63. The van der Waals surface area contributed by atoms with E-state index in [-0.39, 0.29) is 17.7 Å². The number of unbranched alkanes of at least 4 members (excludes halogenated alkanes) is 1. The van der Waals surface area contributed by atoms with Crippen LogP contribution in [-0.4, -0.2) is 36.2 Å². The van der Waals surface area contributed by atoms with Gasteiger partial charge in [0, 0.05) is 5.92 Å². The first-order chi connectivity index (χ1) is 11.6. The second-order valence-corrected chi connectivity index (χ2v) is 6.39. The highest BCUT2D eigenvalue weighted by molar-refractivity contribution is 5.87. The summed E-state index contributed by atoms with van der Waals surface area (Å²) < 4.78 is 11.1. The van der Waals surface area contributed by atoms with Crippen LogP contribution < -0.4 is 14.8 Å². The van der Waals surface area contributed by atoms with E-state index < -0.39 is 12.0 Å². The highest BCUT2D eigenvalue weighted by atomic mass is 16.6. The summed E-state index contributed by atoms with van der Waals surface area (Å²) in [5, 5.41) is 11.9. The Morgan fingerprint density at radius 1 is 1.29 bits per heavy atom. The van der Waals surface area contributed by atoms with Gasteiger partial charge in [0.1, 0.15) is 19.3 Å². The number of hydrogen-bond donors (Lipinski definition) is 2.